The highest BCUT2D eigenvalue weighted by molar-refractivity contribution is 5.80. The van der Waals surface area contributed by atoms with Crippen LogP contribution < -0.4 is 24.8 Å². The van der Waals surface area contributed by atoms with Crippen LogP contribution >= 0.6 is 0 Å². The Hall–Kier alpha value is -4.99. The quantitative estimate of drug-likeness (QED) is 0.130. The van der Waals surface area contributed by atoms with Crippen molar-refractivity contribution in [2.24, 2.45) is 0 Å². The predicted octanol–water partition coefficient (Wildman–Crippen LogP) is 3.69. The lowest BCUT2D eigenvalue weighted by Gasteiger charge is -2.16. The van der Waals surface area contributed by atoms with Gasteiger partial charge in [-0.15, -0.1) is 5.10 Å². The van der Waals surface area contributed by atoms with Gasteiger partial charge in [0.1, 0.15) is 29.9 Å². The fourth-order valence-corrected chi connectivity index (χ4v) is 5.06. The van der Waals surface area contributed by atoms with Crippen molar-refractivity contribution in [2.45, 2.75) is 19.7 Å². The summed E-state index contributed by atoms with van der Waals surface area (Å²) in [7, 11) is 3.19. The largest absolute Gasteiger partial charge is 0.496 e. The standard InChI is InChI=1S/C34H36N6O5/c1-43-31-16-26(17-32(44-2)30(31)20-37-12-14-42)45-22-23-5-3-6-25(15-23)27-7-4-8-28(29(27)18-35)34-38-33-10-9-24(19-36-11-13-41)21-40(33)39-34/h3-10,15-17,21,36-37,41-42H,11-14,19-20,22H2,1-2H3. The molecule has 0 aliphatic heterocycles. The van der Waals surface area contributed by atoms with E-state index >= 15 is 0 Å². The molecule has 11 nitrogen and oxygen atoms in total. The third kappa shape index (κ3) is 7.39. The van der Waals surface area contributed by atoms with Gasteiger partial charge in [0.05, 0.1) is 38.6 Å². The van der Waals surface area contributed by atoms with Gasteiger partial charge >= 0.3 is 0 Å². The Bertz CT molecular complexity index is 1770. The van der Waals surface area contributed by atoms with Crippen molar-refractivity contribution in [3.05, 3.63) is 95.2 Å². The van der Waals surface area contributed by atoms with E-state index in [0.717, 1.165) is 27.8 Å². The lowest BCUT2D eigenvalue weighted by Crippen LogP contribution is -2.18. The van der Waals surface area contributed by atoms with Gasteiger partial charge in [-0.2, -0.15) is 5.26 Å². The summed E-state index contributed by atoms with van der Waals surface area (Å²) in [5, 5.41) is 39.4. The van der Waals surface area contributed by atoms with Crippen LogP contribution in [0.25, 0.3) is 28.2 Å². The van der Waals surface area contributed by atoms with Gasteiger partial charge in [-0.05, 0) is 34.9 Å². The Morgan fingerprint density at radius 1 is 0.844 bits per heavy atom. The van der Waals surface area contributed by atoms with Crippen molar-refractivity contribution in [1.29, 1.82) is 5.26 Å². The van der Waals surface area contributed by atoms with E-state index in [1.165, 1.54) is 0 Å². The molecule has 2 heterocycles. The second-order valence-electron chi connectivity index (χ2n) is 10.2. The molecule has 0 aliphatic rings. The minimum atomic E-state index is 0.0363. The van der Waals surface area contributed by atoms with Crippen LogP contribution in [0.3, 0.4) is 0 Å². The van der Waals surface area contributed by atoms with Gasteiger partial charge < -0.3 is 35.1 Å². The number of rotatable bonds is 15. The van der Waals surface area contributed by atoms with E-state index in [-0.39, 0.29) is 19.8 Å². The van der Waals surface area contributed by atoms with Crippen molar-refractivity contribution in [3.8, 4) is 45.8 Å². The van der Waals surface area contributed by atoms with Crippen LogP contribution in [0.2, 0.25) is 0 Å². The van der Waals surface area contributed by atoms with E-state index in [1.54, 1.807) is 18.7 Å². The average Bonchev–Trinajstić information content (AvgIpc) is 3.51. The maximum Gasteiger partial charge on any atom is 0.183 e. The number of aliphatic hydroxyl groups is 2. The zero-order chi connectivity index (χ0) is 31.6. The smallest absolute Gasteiger partial charge is 0.183 e. The molecule has 0 saturated heterocycles. The number of nitriles is 1. The van der Waals surface area contributed by atoms with Crippen molar-refractivity contribution in [1.82, 2.24) is 25.2 Å². The molecule has 45 heavy (non-hydrogen) atoms. The van der Waals surface area contributed by atoms with E-state index < -0.39 is 0 Å². The monoisotopic (exact) mass is 608 g/mol. The fraction of sp³-hybridized carbons (Fsp3) is 0.265. The van der Waals surface area contributed by atoms with Gasteiger partial charge in [-0.25, -0.2) is 9.50 Å². The van der Waals surface area contributed by atoms with Crippen molar-refractivity contribution < 1.29 is 24.4 Å². The summed E-state index contributed by atoms with van der Waals surface area (Å²) in [4.78, 5) is 4.68. The Morgan fingerprint density at radius 3 is 2.27 bits per heavy atom. The lowest BCUT2D eigenvalue weighted by atomic mass is 9.95. The first-order valence-electron chi connectivity index (χ1n) is 14.6. The second kappa shape index (κ2) is 15.1. The minimum Gasteiger partial charge on any atom is -0.496 e. The highest BCUT2D eigenvalue weighted by Crippen LogP contribution is 2.35. The molecule has 2 aromatic heterocycles. The van der Waals surface area contributed by atoms with Crippen LogP contribution in [0, 0.1) is 11.3 Å². The molecule has 0 spiro atoms. The van der Waals surface area contributed by atoms with E-state index in [9.17, 15) is 5.26 Å². The van der Waals surface area contributed by atoms with E-state index in [4.69, 9.17) is 24.4 Å². The molecule has 3 aromatic carbocycles. The van der Waals surface area contributed by atoms with Crippen LogP contribution in [0.1, 0.15) is 22.3 Å². The van der Waals surface area contributed by atoms with Gasteiger partial charge in [0.25, 0.3) is 0 Å². The molecule has 232 valence electrons. The van der Waals surface area contributed by atoms with Gasteiger partial charge in [0.2, 0.25) is 0 Å². The molecule has 0 saturated carbocycles. The molecular formula is C34H36N6O5. The SMILES string of the molecule is COc1cc(OCc2cccc(-c3cccc(-c4nc5ccc(CNCCO)cn5n4)c3C#N)c2)cc(OC)c1CNCCO. The summed E-state index contributed by atoms with van der Waals surface area (Å²) < 4.78 is 19.0. The number of benzene rings is 3. The van der Waals surface area contributed by atoms with Crippen LogP contribution in [-0.4, -0.2) is 65.3 Å². The predicted molar refractivity (Wildman–Crippen MR) is 170 cm³/mol. The molecule has 0 fully saturated rings. The van der Waals surface area contributed by atoms with E-state index in [2.05, 4.69) is 26.8 Å². The summed E-state index contributed by atoms with van der Waals surface area (Å²) in [6, 6.07) is 23.4. The molecule has 5 aromatic rings. The first kappa shape index (κ1) is 31.4. The first-order chi connectivity index (χ1) is 22.1. The van der Waals surface area contributed by atoms with Gasteiger partial charge in [-0.1, -0.05) is 36.4 Å². The Morgan fingerprint density at radius 2 is 1.56 bits per heavy atom. The molecule has 11 heteroatoms. The Balaban J connectivity index is 1.38. The molecule has 0 atom stereocenters. The van der Waals surface area contributed by atoms with Crippen LogP contribution in [0.4, 0.5) is 0 Å². The maximum absolute atomic E-state index is 10.3. The first-order valence-corrected chi connectivity index (χ1v) is 14.6. The molecule has 0 radical (unpaired) electrons. The Labute approximate surface area is 261 Å². The number of pyridine rings is 1. The molecule has 0 unspecified atom stereocenters. The zero-order valence-corrected chi connectivity index (χ0v) is 25.3. The average molecular weight is 609 g/mol. The van der Waals surface area contributed by atoms with Crippen molar-refractivity contribution >= 4 is 5.65 Å². The lowest BCUT2D eigenvalue weighted by molar-refractivity contribution is 0.289. The highest BCUT2D eigenvalue weighted by Gasteiger charge is 2.17. The number of aromatic nitrogens is 3. The second-order valence-corrected chi connectivity index (χ2v) is 10.2. The van der Waals surface area contributed by atoms with E-state index in [0.29, 0.717) is 66.0 Å². The van der Waals surface area contributed by atoms with Crippen LogP contribution in [0.5, 0.6) is 17.2 Å². The third-order valence-corrected chi connectivity index (χ3v) is 7.24. The number of hydrogen-bond donors (Lipinski definition) is 4. The molecule has 4 N–H and O–H groups in total. The van der Waals surface area contributed by atoms with Crippen LogP contribution in [0.15, 0.2) is 72.9 Å². The number of ether oxygens (including phenoxy) is 3. The van der Waals surface area contributed by atoms with Crippen molar-refractivity contribution in [2.75, 3.05) is 40.5 Å². The topological polar surface area (TPSA) is 146 Å². The molecule has 5 rings (SSSR count). The van der Waals surface area contributed by atoms with Gasteiger partial charge in [0.15, 0.2) is 11.5 Å². The number of fused-ring (bicyclic) bond motifs is 1. The summed E-state index contributed by atoms with van der Waals surface area (Å²) in [5.74, 6) is 2.29. The summed E-state index contributed by atoms with van der Waals surface area (Å²) in [5.41, 5.74) is 6.20. The van der Waals surface area contributed by atoms with E-state index in [1.807, 2.05) is 72.9 Å². The summed E-state index contributed by atoms with van der Waals surface area (Å²) in [6.45, 7) is 2.43. The summed E-state index contributed by atoms with van der Waals surface area (Å²) >= 11 is 0. The number of nitrogens with zero attached hydrogens (tertiary/aromatic N) is 4. The number of methoxy groups -OCH3 is 2. The number of aliphatic hydroxyl groups excluding tert-OH is 2. The van der Waals surface area contributed by atoms with Gasteiger partial charge in [-0.3, -0.25) is 0 Å². The Kier molecular flexibility index (Phi) is 10.6. The van der Waals surface area contributed by atoms with Gasteiger partial charge in [0, 0.05) is 55.6 Å². The molecular weight excluding hydrogens is 572 g/mol. The fourth-order valence-electron chi connectivity index (χ4n) is 5.06. The van der Waals surface area contributed by atoms with Crippen molar-refractivity contribution in [3.63, 3.8) is 0 Å². The number of hydrogen-bond acceptors (Lipinski definition) is 10. The minimum absolute atomic E-state index is 0.0363. The zero-order valence-electron chi connectivity index (χ0n) is 25.3. The molecule has 0 aliphatic carbocycles. The maximum atomic E-state index is 10.3. The number of nitrogens with one attached hydrogen (secondary N) is 2. The molecule has 0 bridgehead atoms. The molecule has 0 amide bonds. The highest BCUT2D eigenvalue weighted by atomic mass is 16.5. The third-order valence-electron chi connectivity index (χ3n) is 7.24. The normalized spacial score (nSPS) is 11.0. The van der Waals surface area contributed by atoms with Crippen LogP contribution in [-0.2, 0) is 19.7 Å². The summed E-state index contributed by atoms with van der Waals surface area (Å²) in [6.07, 6.45) is 1.89.